The van der Waals surface area contributed by atoms with Gasteiger partial charge in [-0.15, -0.1) is 0 Å². The number of hydrogen-bond donors (Lipinski definition) is 0. The van der Waals surface area contributed by atoms with E-state index >= 15 is 0 Å². The van der Waals surface area contributed by atoms with E-state index in [1.807, 2.05) is 0 Å². The lowest BCUT2D eigenvalue weighted by atomic mass is 10.0. The van der Waals surface area contributed by atoms with Gasteiger partial charge in [0.1, 0.15) is 22.0 Å². The van der Waals surface area contributed by atoms with Crippen LogP contribution in [0.3, 0.4) is 0 Å². The van der Waals surface area contributed by atoms with Crippen molar-refractivity contribution < 1.29 is 27.1 Å². The highest BCUT2D eigenvalue weighted by Gasteiger charge is 2.29. The Morgan fingerprint density at radius 2 is 1.71 bits per heavy atom. The number of nitrogens with zero attached hydrogens (tertiary/aromatic N) is 1. The Balaban J connectivity index is 1.45. The second-order valence-electron chi connectivity index (χ2n) is 8.55. The Kier molecular flexibility index (Phi) is 7.30. The van der Waals surface area contributed by atoms with Gasteiger partial charge < -0.3 is 13.9 Å². The summed E-state index contributed by atoms with van der Waals surface area (Å²) in [5.41, 5.74) is 0.852. The molecule has 0 radical (unpaired) electrons. The quantitative estimate of drug-likeness (QED) is 0.235. The molecule has 2 heterocycles. The Morgan fingerprint density at radius 1 is 0.974 bits per heavy atom. The zero-order chi connectivity index (χ0) is 27.0. The number of sulfonamides is 1. The van der Waals surface area contributed by atoms with Crippen molar-refractivity contribution in [2.45, 2.75) is 11.8 Å². The average Bonchev–Trinajstić information content (AvgIpc) is 2.90. The molecule has 0 aliphatic carbocycles. The fourth-order valence-electron chi connectivity index (χ4n) is 4.24. The molecule has 0 saturated carbocycles. The molecule has 0 spiro atoms. The standard InChI is InChI=1S/C27H21Cl2NO7S/c1-16-25(19-4-2-3-5-21(19)28)26(31)20-8-7-18(15-23(20)36-16)37-27(32)17-6-9-22(29)24(14-17)38(33,34)30-10-12-35-13-11-30/h2-9,14-15H,10-13H2,1H3. The molecular weight excluding hydrogens is 553 g/mol. The van der Waals surface area contributed by atoms with Crippen LogP contribution < -0.4 is 10.2 Å². The van der Waals surface area contributed by atoms with E-state index in [1.54, 1.807) is 31.2 Å². The van der Waals surface area contributed by atoms with Crippen molar-refractivity contribution in [2.24, 2.45) is 0 Å². The van der Waals surface area contributed by atoms with Crippen molar-refractivity contribution in [1.82, 2.24) is 4.31 Å². The van der Waals surface area contributed by atoms with Crippen LogP contribution in [0.2, 0.25) is 10.0 Å². The molecule has 1 aliphatic rings. The van der Waals surface area contributed by atoms with Crippen LogP contribution in [0.25, 0.3) is 22.1 Å². The largest absolute Gasteiger partial charge is 0.460 e. The van der Waals surface area contributed by atoms with Gasteiger partial charge in [0.15, 0.2) is 0 Å². The summed E-state index contributed by atoms with van der Waals surface area (Å²) in [7, 11) is -3.94. The summed E-state index contributed by atoms with van der Waals surface area (Å²) in [5.74, 6) is -0.330. The first-order valence-electron chi connectivity index (χ1n) is 11.6. The number of morpholine rings is 1. The van der Waals surface area contributed by atoms with Crippen molar-refractivity contribution in [2.75, 3.05) is 26.3 Å². The molecule has 0 bridgehead atoms. The lowest BCUT2D eigenvalue weighted by molar-refractivity contribution is 0.0727. The molecule has 8 nitrogen and oxygen atoms in total. The number of esters is 1. The second-order valence-corrected chi connectivity index (χ2v) is 11.3. The lowest BCUT2D eigenvalue weighted by Crippen LogP contribution is -2.40. The molecular formula is C27H21Cl2NO7S. The van der Waals surface area contributed by atoms with Crippen LogP contribution in [0, 0.1) is 6.92 Å². The maximum Gasteiger partial charge on any atom is 0.343 e. The van der Waals surface area contributed by atoms with E-state index in [-0.39, 0.29) is 63.9 Å². The Bertz CT molecular complexity index is 1730. The van der Waals surface area contributed by atoms with Gasteiger partial charge in [-0.05, 0) is 43.3 Å². The normalized spacial score (nSPS) is 14.5. The zero-order valence-corrected chi connectivity index (χ0v) is 22.4. The molecule has 1 aromatic heterocycles. The molecule has 196 valence electrons. The summed E-state index contributed by atoms with van der Waals surface area (Å²) >= 11 is 12.5. The van der Waals surface area contributed by atoms with Crippen molar-refractivity contribution >= 4 is 50.2 Å². The maximum atomic E-state index is 13.2. The summed E-state index contributed by atoms with van der Waals surface area (Å²) in [6, 6.07) is 15.3. The number of hydrogen-bond acceptors (Lipinski definition) is 7. The summed E-state index contributed by atoms with van der Waals surface area (Å²) in [4.78, 5) is 26.0. The minimum absolute atomic E-state index is 0.00645. The highest BCUT2D eigenvalue weighted by Crippen LogP contribution is 2.31. The molecule has 0 atom stereocenters. The molecule has 0 unspecified atom stereocenters. The first kappa shape index (κ1) is 26.4. The van der Waals surface area contributed by atoms with E-state index in [9.17, 15) is 18.0 Å². The third-order valence-corrected chi connectivity index (χ3v) is 8.86. The predicted octanol–water partition coefficient (Wildman–Crippen LogP) is 5.32. The van der Waals surface area contributed by atoms with Gasteiger partial charge in [0.2, 0.25) is 15.5 Å². The van der Waals surface area contributed by atoms with Crippen LogP contribution in [0.1, 0.15) is 16.1 Å². The second kappa shape index (κ2) is 10.5. The van der Waals surface area contributed by atoms with Crippen LogP contribution in [0.5, 0.6) is 5.75 Å². The van der Waals surface area contributed by atoms with E-state index in [2.05, 4.69) is 0 Å². The molecule has 5 rings (SSSR count). The fraction of sp³-hybridized carbons (Fsp3) is 0.185. The van der Waals surface area contributed by atoms with Crippen LogP contribution in [0.4, 0.5) is 0 Å². The third-order valence-electron chi connectivity index (χ3n) is 6.15. The van der Waals surface area contributed by atoms with E-state index < -0.39 is 16.0 Å². The van der Waals surface area contributed by atoms with Crippen LogP contribution in [-0.4, -0.2) is 45.0 Å². The molecule has 1 aliphatic heterocycles. The van der Waals surface area contributed by atoms with Crippen LogP contribution in [0.15, 0.2) is 74.8 Å². The Morgan fingerprint density at radius 3 is 2.45 bits per heavy atom. The number of carbonyl (C=O) groups excluding carboxylic acids is 1. The number of halogens is 2. The molecule has 0 amide bonds. The Hall–Kier alpha value is -3.21. The third kappa shape index (κ3) is 4.95. The fourth-order valence-corrected chi connectivity index (χ4v) is 6.38. The monoisotopic (exact) mass is 573 g/mol. The summed E-state index contributed by atoms with van der Waals surface area (Å²) in [6.07, 6.45) is 0. The molecule has 4 aromatic rings. The van der Waals surface area contributed by atoms with Crippen molar-refractivity contribution in [3.05, 3.63) is 92.3 Å². The van der Waals surface area contributed by atoms with Gasteiger partial charge in [-0.3, -0.25) is 4.79 Å². The zero-order valence-electron chi connectivity index (χ0n) is 20.1. The number of ether oxygens (including phenoxy) is 2. The van der Waals surface area contributed by atoms with Crippen LogP contribution in [-0.2, 0) is 14.8 Å². The van der Waals surface area contributed by atoms with Gasteiger partial charge in [-0.25, -0.2) is 13.2 Å². The van der Waals surface area contributed by atoms with E-state index in [4.69, 9.17) is 37.1 Å². The number of aryl methyl sites for hydroxylation is 1. The van der Waals surface area contributed by atoms with Gasteiger partial charge in [0, 0.05) is 29.7 Å². The molecule has 11 heteroatoms. The molecule has 1 saturated heterocycles. The lowest BCUT2D eigenvalue weighted by Gasteiger charge is -2.26. The van der Waals surface area contributed by atoms with Crippen LogP contribution >= 0.6 is 23.2 Å². The van der Waals surface area contributed by atoms with Gasteiger partial charge in [-0.2, -0.15) is 4.31 Å². The molecule has 0 N–H and O–H groups in total. The maximum absolute atomic E-state index is 13.2. The summed E-state index contributed by atoms with van der Waals surface area (Å²) < 4.78 is 44.0. The van der Waals surface area contributed by atoms with Gasteiger partial charge >= 0.3 is 5.97 Å². The molecule has 1 fully saturated rings. The van der Waals surface area contributed by atoms with Gasteiger partial charge in [0.25, 0.3) is 0 Å². The van der Waals surface area contributed by atoms with Crippen molar-refractivity contribution in [1.29, 1.82) is 0 Å². The Labute approximate surface area is 228 Å². The number of benzene rings is 3. The SMILES string of the molecule is Cc1oc2cc(OC(=O)c3ccc(Cl)c(S(=O)(=O)N4CCOCC4)c3)ccc2c(=O)c1-c1ccccc1Cl. The first-order valence-corrected chi connectivity index (χ1v) is 13.8. The molecule has 3 aromatic carbocycles. The van der Waals surface area contributed by atoms with Gasteiger partial charge in [0.05, 0.1) is 34.7 Å². The highest BCUT2D eigenvalue weighted by molar-refractivity contribution is 7.89. The van der Waals surface area contributed by atoms with E-state index in [1.165, 1.54) is 40.7 Å². The number of carbonyl (C=O) groups is 1. The van der Waals surface area contributed by atoms with Crippen molar-refractivity contribution in [3.8, 4) is 16.9 Å². The average molecular weight is 574 g/mol. The van der Waals surface area contributed by atoms with Crippen molar-refractivity contribution in [3.63, 3.8) is 0 Å². The van der Waals surface area contributed by atoms with E-state index in [0.717, 1.165) is 0 Å². The summed E-state index contributed by atoms with van der Waals surface area (Å²) in [6.45, 7) is 2.58. The topological polar surface area (TPSA) is 103 Å². The smallest absolute Gasteiger partial charge is 0.343 e. The first-order chi connectivity index (χ1) is 18.2. The van der Waals surface area contributed by atoms with Gasteiger partial charge in [-0.1, -0.05) is 41.4 Å². The highest BCUT2D eigenvalue weighted by atomic mass is 35.5. The molecule has 38 heavy (non-hydrogen) atoms. The minimum Gasteiger partial charge on any atom is -0.460 e. The predicted molar refractivity (Wildman–Crippen MR) is 144 cm³/mol. The number of rotatable bonds is 5. The summed E-state index contributed by atoms with van der Waals surface area (Å²) in [5, 5.41) is 0.701. The minimum atomic E-state index is -3.94. The van der Waals surface area contributed by atoms with E-state index in [0.29, 0.717) is 21.9 Å². The number of fused-ring (bicyclic) bond motifs is 1.